The number of hydrogen-bond acceptors (Lipinski definition) is 3. The highest BCUT2D eigenvalue weighted by molar-refractivity contribution is 7.98. The Hall–Kier alpha value is -1.78. The first-order chi connectivity index (χ1) is 12.1. The van der Waals surface area contributed by atoms with Crippen molar-refractivity contribution in [3.05, 3.63) is 54.1 Å². The number of amides is 1. The van der Waals surface area contributed by atoms with Gasteiger partial charge in [-0.15, -0.1) is 11.8 Å². The summed E-state index contributed by atoms with van der Waals surface area (Å²) in [6, 6.07) is 17.9. The van der Waals surface area contributed by atoms with Gasteiger partial charge in [0.25, 0.3) is 0 Å². The fraction of sp³-hybridized carbons (Fsp3) is 0.381. The highest BCUT2D eigenvalue weighted by Crippen LogP contribution is 2.24. The van der Waals surface area contributed by atoms with E-state index in [1.54, 1.807) is 18.7 Å². The lowest BCUT2D eigenvalue weighted by molar-refractivity contribution is -0.119. The normalized spacial score (nSPS) is 15.9. The first-order valence-electron chi connectivity index (χ1n) is 8.87. The van der Waals surface area contributed by atoms with Crippen LogP contribution in [0.2, 0.25) is 0 Å². The maximum absolute atomic E-state index is 11.2. The van der Waals surface area contributed by atoms with Gasteiger partial charge < -0.3 is 5.32 Å². The number of likely N-dealkylation sites (tertiary alicyclic amines) is 1. The van der Waals surface area contributed by atoms with Crippen molar-refractivity contribution in [2.75, 3.05) is 19.3 Å². The zero-order valence-electron chi connectivity index (χ0n) is 15.0. The Morgan fingerprint density at radius 1 is 1.12 bits per heavy atom. The van der Waals surface area contributed by atoms with E-state index < -0.39 is 0 Å². The molecule has 4 heteroatoms. The average molecular weight is 355 g/mol. The van der Waals surface area contributed by atoms with Crippen molar-refractivity contribution < 1.29 is 4.79 Å². The highest BCUT2D eigenvalue weighted by atomic mass is 32.2. The maximum atomic E-state index is 11.2. The van der Waals surface area contributed by atoms with E-state index in [2.05, 4.69) is 65.0 Å². The number of carbonyl (C=O) groups excluding carboxylic acids is 1. The molecular formula is C21H26N2OS. The van der Waals surface area contributed by atoms with Crippen molar-refractivity contribution in [2.45, 2.75) is 37.2 Å². The summed E-state index contributed by atoms with van der Waals surface area (Å²) >= 11 is 1.77. The van der Waals surface area contributed by atoms with Gasteiger partial charge in [-0.3, -0.25) is 9.69 Å². The number of carbonyl (C=O) groups is 1. The lowest BCUT2D eigenvalue weighted by Crippen LogP contribution is -2.43. The number of hydrogen-bond donors (Lipinski definition) is 1. The predicted octanol–water partition coefficient (Wildman–Crippen LogP) is 4.18. The lowest BCUT2D eigenvalue weighted by atomic mass is 10.0. The Bertz CT molecular complexity index is 706. The Balaban J connectivity index is 1.61. The molecule has 2 aromatic rings. The standard InChI is InChI=1S/C21H26N2OS/c1-16(24)22-20-10-12-23(13-11-20)15-17-4-3-5-19(14-17)18-6-8-21(25-2)9-7-18/h3-9,14,20H,10-13,15H2,1-2H3,(H,22,24). The van der Waals surface area contributed by atoms with Crippen LogP contribution >= 0.6 is 11.8 Å². The molecule has 0 unspecified atom stereocenters. The van der Waals surface area contributed by atoms with E-state index >= 15 is 0 Å². The van der Waals surface area contributed by atoms with Crippen molar-refractivity contribution in [3.63, 3.8) is 0 Å². The molecule has 0 radical (unpaired) electrons. The van der Waals surface area contributed by atoms with Gasteiger partial charge in [0.1, 0.15) is 0 Å². The van der Waals surface area contributed by atoms with Gasteiger partial charge in [0, 0.05) is 37.5 Å². The molecule has 1 heterocycles. The third-order valence-electron chi connectivity index (χ3n) is 4.75. The molecule has 3 rings (SSSR count). The molecule has 0 aliphatic carbocycles. The Morgan fingerprint density at radius 2 is 1.84 bits per heavy atom. The van der Waals surface area contributed by atoms with Crippen LogP contribution in [0.3, 0.4) is 0 Å². The number of nitrogens with one attached hydrogen (secondary N) is 1. The summed E-state index contributed by atoms with van der Waals surface area (Å²) in [7, 11) is 0. The van der Waals surface area contributed by atoms with E-state index in [9.17, 15) is 4.79 Å². The number of piperidine rings is 1. The SMILES string of the molecule is CSc1ccc(-c2cccc(CN3CCC(NC(C)=O)CC3)c2)cc1. The molecule has 1 saturated heterocycles. The second-order valence-corrected chi connectivity index (χ2v) is 7.56. The van der Waals surface area contributed by atoms with E-state index in [-0.39, 0.29) is 5.91 Å². The van der Waals surface area contributed by atoms with Crippen LogP contribution < -0.4 is 5.32 Å². The molecule has 0 aromatic heterocycles. The van der Waals surface area contributed by atoms with Crippen molar-refractivity contribution in [2.24, 2.45) is 0 Å². The molecule has 2 aromatic carbocycles. The highest BCUT2D eigenvalue weighted by Gasteiger charge is 2.19. The molecule has 25 heavy (non-hydrogen) atoms. The van der Waals surface area contributed by atoms with Gasteiger partial charge >= 0.3 is 0 Å². The fourth-order valence-electron chi connectivity index (χ4n) is 3.41. The van der Waals surface area contributed by atoms with E-state index in [1.807, 2.05) is 0 Å². The minimum Gasteiger partial charge on any atom is -0.354 e. The molecule has 0 bridgehead atoms. The Morgan fingerprint density at radius 3 is 2.48 bits per heavy atom. The van der Waals surface area contributed by atoms with Gasteiger partial charge in [-0.1, -0.05) is 30.3 Å². The van der Waals surface area contributed by atoms with Crippen LogP contribution in [-0.4, -0.2) is 36.2 Å². The van der Waals surface area contributed by atoms with Crippen LogP contribution in [0, 0.1) is 0 Å². The van der Waals surface area contributed by atoms with Crippen LogP contribution in [0.15, 0.2) is 53.4 Å². The Kier molecular flexibility index (Phi) is 6.16. The van der Waals surface area contributed by atoms with Crippen molar-refractivity contribution >= 4 is 17.7 Å². The summed E-state index contributed by atoms with van der Waals surface area (Å²) in [5.74, 6) is 0.0821. The van der Waals surface area contributed by atoms with Crippen LogP contribution in [-0.2, 0) is 11.3 Å². The van der Waals surface area contributed by atoms with Crippen molar-refractivity contribution in [1.29, 1.82) is 0 Å². The molecule has 3 nitrogen and oxygen atoms in total. The monoisotopic (exact) mass is 354 g/mol. The van der Waals surface area contributed by atoms with E-state index in [0.717, 1.165) is 32.5 Å². The molecule has 1 aliphatic rings. The summed E-state index contributed by atoms with van der Waals surface area (Å²) in [6.45, 7) is 4.66. The summed E-state index contributed by atoms with van der Waals surface area (Å²) in [6.07, 6.45) is 4.18. The smallest absolute Gasteiger partial charge is 0.217 e. The quantitative estimate of drug-likeness (QED) is 0.818. The third kappa shape index (κ3) is 5.10. The number of thioether (sulfide) groups is 1. The first-order valence-corrected chi connectivity index (χ1v) is 10.1. The number of benzene rings is 2. The summed E-state index contributed by atoms with van der Waals surface area (Å²) in [4.78, 5) is 14.9. The molecule has 0 atom stereocenters. The second-order valence-electron chi connectivity index (χ2n) is 6.68. The minimum atomic E-state index is 0.0821. The van der Waals surface area contributed by atoms with E-state index in [0.29, 0.717) is 6.04 Å². The number of rotatable bonds is 5. The fourth-order valence-corrected chi connectivity index (χ4v) is 3.82. The topological polar surface area (TPSA) is 32.3 Å². The van der Waals surface area contributed by atoms with Crippen LogP contribution in [0.25, 0.3) is 11.1 Å². The molecule has 1 amide bonds. The van der Waals surface area contributed by atoms with Crippen LogP contribution in [0.1, 0.15) is 25.3 Å². The molecule has 0 saturated carbocycles. The summed E-state index contributed by atoms with van der Waals surface area (Å²) < 4.78 is 0. The third-order valence-corrected chi connectivity index (χ3v) is 5.50. The molecule has 0 spiro atoms. The van der Waals surface area contributed by atoms with Gasteiger partial charge in [-0.2, -0.15) is 0 Å². The molecule has 1 fully saturated rings. The van der Waals surface area contributed by atoms with Crippen LogP contribution in [0.4, 0.5) is 0 Å². The van der Waals surface area contributed by atoms with E-state index in [1.165, 1.54) is 21.6 Å². The summed E-state index contributed by atoms with van der Waals surface area (Å²) in [5, 5.41) is 3.04. The first kappa shape index (κ1) is 18.0. The number of nitrogens with zero attached hydrogens (tertiary/aromatic N) is 1. The van der Waals surface area contributed by atoms with Crippen LogP contribution in [0.5, 0.6) is 0 Å². The van der Waals surface area contributed by atoms with Gasteiger partial charge in [-0.05, 0) is 54.0 Å². The van der Waals surface area contributed by atoms with Gasteiger partial charge in [0.05, 0.1) is 0 Å². The van der Waals surface area contributed by atoms with Crippen molar-refractivity contribution in [1.82, 2.24) is 10.2 Å². The predicted molar refractivity (Wildman–Crippen MR) is 106 cm³/mol. The second kappa shape index (κ2) is 8.54. The molecular weight excluding hydrogens is 328 g/mol. The summed E-state index contributed by atoms with van der Waals surface area (Å²) in [5.41, 5.74) is 3.90. The molecule has 132 valence electrons. The zero-order valence-corrected chi connectivity index (χ0v) is 15.8. The maximum Gasteiger partial charge on any atom is 0.217 e. The van der Waals surface area contributed by atoms with Gasteiger partial charge in [0.15, 0.2) is 0 Å². The van der Waals surface area contributed by atoms with Gasteiger partial charge in [0.2, 0.25) is 5.91 Å². The van der Waals surface area contributed by atoms with Gasteiger partial charge in [-0.25, -0.2) is 0 Å². The lowest BCUT2D eigenvalue weighted by Gasteiger charge is -2.32. The minimum absolute atomic E-state index is 0.0821. The average Bonchev–Trinajstić information content (AvgIpc) is 2.63. The largest absolute Gasteiger partial charge is 0.354 e. The van der Waals surface area contributed by atoms with Crippen molar-refractivity contribution in [3.8, 4) is 11.1 Å². The zero-order chi connectivity index (χ0) is 17.6. The molecule has 1 aliphatic heterocycles. The Labute approximate surface area is 154 Å². The molecule has 1 N–H and O–H groups in total. The van der Waals surface area contributed by atoms with E-state index in [4.69, 9.17) is 0 Å².